The summed E-state index contributed by atoms with van der Waals surface area (Å²) in [7, 11) is -3.64. The van der Waals surface area contributed by atoms with Gasteiger partial charge in [-0.2, -0.15) is 17.4 Å². The molecule has 1 N–H and O–H groups in total. The lowest BCUT2D eigenvalue weighted by Gasteiger charge is -2.25. The standard InChI is InChI=1S/C15H21N3O4S/c1-10-15(12(3)22-16-10)11(2)17-23(19,20)18-8-4-6-13(18)14-7-5-9-21-14/h5,7,9,11,13,17H,4,6,8H2,1-3H3. The molecule has 23 heavy (non-hydrogen) atoms. The van der Waals surface area contributed by atoms with Gasteiger partial charge in [0.05, 0.1) is 24.0 Å². The highest BCUT2D eigenvalue weighted by Crippen LogP contribution is 2.34. The van der Waals surface area contributed by atoms with Crippen molar-refractivity contribution < 1.29 is 17.4 Å². The van der Waals surface area contributed by atoms with Crippen LogP contribution in [0.5, 0.6) is 0 Å². The Morgan fingerprint density at radius 2 is 2.22 bits per heavy atom. The van der Waals surface area contributed by atoms with Gasteiger partial charge in [0.2, 0.25) is 0 Å². The van der Waals surface area contributed by atoms with E-state index in [1.807, 2.05) is 6.07 Å². The van der Waals surface area contributed by atoms with Crippen molar-refractivity contribution in [2.24, 2.45) is 0 Å². The minimum Gasteiger partial charge on any atom is -0.468 e. The molecular weight excluding hydrogens is 318 g/mol. The second-order valence-electron chi connectivity index (χ2n) is 5.87. The molecule has 0 saturated carbocycles. The topological polar surface area (TPSA) is 88.6 Å². The highest BCUT2D eigenvalue weighted by atomic mass is 32.2. The van der Waals surface area contributed by atoms with Crippen LogP contribution in [0.15, 0.2) is 27.3 Å². The second-order valence-corrected chi connectivity index (χ2v) is 7.52. The van der Waals surface area contributed by atoms with Crippen molar-refractivity contribution in [3.05, 3.63) is 41.2 Å². The molecule has 0 amide bonds. The number of furan rings is 1. The maximum Gasteiger partial charge on any atom is 0.280 e. The number of rotatable bonds is 5. The number of aromatic nitrogens is 1. The predicted octanol–water partition coefficient (Wildman–Crippen LogP) is 2.62. The molecular formula is C15H21N3O4S. The maximum atomic E-state index is 12.8. The van der Waals surface area contributed by atoms with Crippen molar-refractivity contribution in [1.29, 1.82) is 0 Å². The van der Waals surface area contributed by atoms with Crippen LogP contribution in [0.2, 0.25) is 0 Å². The summed E-state index contributed by atoms with van der Waals surface area (Å²) in [6.45, 7) is 5.86. The molecule has 3 rings (SSSR count). The summed E-state index contributed by atoms with van der Waals surface area (Å²) in [4.78, 5) is 0. The van der Waals surface area contributed by atoms with Crippen LogP contribution >= 0.6 is 0 Å². The highest BCUT2D eigenvalue weighted by Gasteiger charge is 2.37. The van der Waals surface area contributed by atoms with Crippen LogP contribution < -0.4 is 4.72 Å². The number of aryl methyl sites for hydroxylation is 2. The molecule has 1 saturated heterocycles. The molecule has 3 heterocycles. The Labute approximate surface area is 135 Å². The first-order chi connectivity index (χ1) is 10.9. The van der Waals surface area contributed by atoms with E-state index in [2.05, 4.69) is 9.88 Å². The van der Waals surface area contributed by atoms with E-state index in [1.54, 1.807) is 33.1 Å². The van der Waals surface area contributed by atoms with Gasteiger partial charge in [0.25, 0.3) is 10.2 Å². The smallest absolute Gasteiger partial charge is 0.280 e. The van der Waals surface area contributed by atoms with Gasteiger partial charge in [0.15, 0.2) is 0 Å². The van der Waals surface area contributed by atoms with Crippen LogP contribution in [0.4, 0.5) is 0 Å². The van der Waals surface area contributed by atoms with Crippen molar-refractivity contribution in [3.8, 4) is 0 Å². The van der Waals surface area contributed by atoms with Gasteiger partial charge in [-0.15, -0.1) is 0 Å². The zero-order chi connectivity index (χ0) is 16.6. The second kappa shape index (κ2) is 6.10. The van der Waals surface area contributed by atoms with E-state index in [0.29, 0.717) is 23.8 Å². The summed E-state index contributed by atoms with van der Waals surface area (Å²) in [5.41, 5.74) is 1.48. The lowest BCUT2D eigenvalue weighted by Crippen LogP contribution is -2.41. The van der Waals surface area contributed by atoms with Gasteiger partial charge in [0.1, 0.15) is 11.5 Å². The number of hydrogen-bond donors (Lipinski definition) is 1. The van der Waals surface area contributed by atoms with Gasteiger partial charge < -0.3 is 8.94 Å². The van der Waals surface area contributed by atoms with Crippen molar-refractivity contribution in [2.75, 3.05) is 6.54 Å². The van der Waals surface area contributed by atoms with Crippen LogP contribution in [0.1, 0.15) is 54.6 Å². The third-order valence-corrected chi connectivity index (χ3v) is 5.94. The Kier molecular flexibility index (Phi) is 4.31. The quantitative estimate of drug-likeness (QED) is 0.904. The first kappa shape index (κ1) is 16.2. The molecule has 1 aliphatic rings. The van der Waals surface area contributed by atoms with E-state index in [1.165, 1.54) is 4.31 Å². The Morgan fingerprint density at radius 3 is 2.83 bits per heavy atom. The average molecular weight is 339 g/mol. The van der Waals surface area contributed by atoms with Gasteiger partial charge in [-0.3, -0.25) is 0 Å². The molecule has 0 bridgehead atoms. The average Bonchev–Trinajstić information content (AvgIpc) is 3.17. The molecule has 2 atom stereocenters. The van der Waals surface area contributed by atoms with Gasteiger partial charge in [0, 0.05) is 12.1 Å². The van der Waals surface area contributed by atoms with E-state index in [9.17, 15) is 8.42 Å². The minimum atomic E-state index is -3.64. The Bertz CT molecular complexity index is 747. The lowest BCUT2D eigenvalue weighted by molar-refractivity contribution is 0.333. The van der Waals surface area contributed by atoms with Crippen LogP contribution in [0, 0.1) is 13.8 Å². The van der Waals surface area contributed by atoms with E-state index in [-0.39, 0.29) is 6.04 Å². The summed E-state index contributed by atoms with van der Waals surface area (Å²) >= 11 is 0. The lowest BCUT2D eigenvalue weighted by atomic mass is 10.1. The molecule has 0 aliphatic carbocycles. The van der Waals surface area contributed by atoms with Gasteiger partial charge in [-0.1, -0.05) is 5.16 Å². The molecule has 7 nitrogen and oxygen atoms in total. The SMILES string of the molecule is Cc1noc(C)c1C(C)NS(=O)(=O)N1CCCC1c1ccco1. The molecule has 0 aromatic carbocycles. The molecule has 1 aliphatic heterocycles. The summed E-state index contributed by atoms with van der Waals surface area (Å²) in [6, 6.07) is 2.93. The molecule has 1 fully saturated rings. The highest BCUT2D eigenvalue weighted by molar-refractivity contribution is 7.87. The zero-order valence-electron chi connectivity index (χ0n) is 13.4. The summed E-state index contributed by atoms with van der Waals surface area (Å²) in [6.07, 6.45) is 3.14. The van der Waals surface area contributed by atoms with E-state index >= 15 is 0 Å². The monoisotopic (exact) mass is 339 g/mol. The van der Waals surface area contributed by atoms with Crippen LogP contribution in [0.3, 0.4) is 0 Å². The normalized spacial score (nSPS) is 20.9. The largest absolute Gasteiger partial charge is 0.468 e. The van der Waals surface area contributed by atoms with E-state index in [0.717, 1.165) is 18.4 Å². The molecule has 0 radical (unpaired) electrons. The van der Waals surface area contributed by atoms with E-state index in [4.69, 9.17) is 8.94 Å². The first-order valence-electron chi connectivity index (χ1n) is 7.65. The summed E-state index contributed by atoms with van der Waals surface area (Å²) in [5.74, 6) is 1.31. The van der Waals surface area contributed by atoms with Crippen LogP contribution in [-0.2, 0) is 10.2 Å². The van der Waals surface area contributed by atoms with E-state index < -0.39 is 16.3 Å². The minimum absolute atomic E-state index is 0.251. The van der Waals surface area contributed by atoms with Crippen molar-refractivity contribution in [3.63, 3.8) is 0 Å². The van der Waals surface area contributed by atoms with Gasteiger partial charge in [-0.05, 0) is 45.7 Å². The first-order valence-corrected chi connectivity index (χ1v) is 9.09. The van der Waals surface area contributed by atoms with Crippen molar-refractivity contribution in [1.82, 2.24) is 14.2 Å². The van der Waals surface area contributed by atoms with Gasteiger partial charge >= 0.3 is 0 Å². The summed E-state index contributed by atoms with van der Waals surface area (Å²) in [5, 5.41) is 3.88. The van der Waals surface area contributed by atoms with Crippen LogP contribution in [-0.4, -0.2) is 24.4 Å². The Morgan fingerprint density at radius 1 is 1.43 bits per heavy atom. The van der Waals surface area contributed by atoms with Gasteiger partial charge in [-0.25, -0.2) is 0 Å². The maximum absolute atomic E-state index is 12.8. The zero-order valence-corrected chi connectivity index (χ0v) is 14.3. The van der Waals surface area contributed by atoms with Crippen molar-refractivity contribution >= 4 is 10.2 Å². The number of nitrogens with one attached hydrogen (secondary N) is 1. The number of nitrogens with zero attached hydrogens (tertiary/aromatic N) is 2. The number of hydrogen-bond acceptors (Lipinski definition) is 5. The molecule has 2 aromatic rings. The molecule has 126 valence electrons. The fourth-order valence-corrected chi connectivity index (χ4v) is 4.87. The summed E-state index contributed by atoms with van der Waals surface area (Å²) < 4.78 is 40.3. The fourth-order valence-electron chi connectivity index (χ4n) is 3.25. The predicted molar refractivity (Wildman–Crippen MR) is 83.8 cm³/mol. The Hall–Kier alpha value is -1.64. The Balaban J connectivity index is 1.81. The molecule has 8 heteroatoms. The third-order valence-electron chi connectivity index (χ3n) is 4.23. The molecule has 0 spiro atoms. The molecule has 2 aromatic heterocycles. The van der Waals surface area contributed by atoms with Crippen molar-refractivity contribution in [2.45, 2.75) is 45.7 Å². The third kappa shape index (κ3) is 3.06. The molecule has 2 unspecified atom stereocenters. The van der Waals surface area contributed by atoms with Crippen LogP contribution in [0.25, 0.3) is 0 Å². The fraction of sp³-hybridized carbons (Fsp3) is 0.533.